The predicted molar refractivity (Wildman–Crippen MR) is 93.0 cm³/mol. The fraction of sp³-hybridized carbons (Fsp3) is 0.611. The number of Topliss-reactive ketones (excluding diaryl/α,β-unsaturated/α-hetero) is 1. The standard InChI is InChI=1S/C18H21F2NO5S/c19-18(20,16(24)25)17(26)5-1-7-21(8-6-17)14(22)10-11-2-3-13-12(15(11)23)4-9-27-13/h4,9,11,26H,1-3,5-8,10H2,(H,24,25). The van der Waals surface area contributed by atoms with E-state index in [0.29, 0.717) is 12.0 Å². The largest absolute Gasteiger partial charge is 0.477 e. The lowest BCUT2D eigenvalue weighted by Gasteiger charge is -2.32. The number of hydrogen-bond donors (Lipinski definition) is 2. The van der Waals surface area contributed by atoms with Crippen molar-refractivity contribution in [2.24, 2.45) is 5.92 Å². The lowest BCUT2D eigenvalue weighted by atomic mass is 9.84. The lowest BCUT2D eigenvalue weighted by molar-refractivity contribution is -0.211. The second-order valence-corrected chi connectivity index (χ2v) is 8.21. The van der Waals surface area contributed by atoms with Crippen LogP contribution in [-0.2, 0) is 16.0 Å². The summed E-state index contributed by atoms with van der Waals surface area (Å²) in [6.07, 6.45) is 0.455. The first kappa shape index (κ1) is 19.9. The summed E-state index contributed by atoms with van der Waals surface area (Å²) >= 11 is 1.52. The number of fused-ring (bicyclic) bond motifs is 1. The number of hydrogen-bond acceptors (Lipinski definition) is 5. The summed E-state index contributed by atoms with van der Waals surface area (Å²) in [7, 11) is 0. The Balaban J connectivity index is 1.64. The fourth-order valence-corrected chi connectivity index (χ4v) is 4.73. The van der Waals surface area contributed by atoms with E-state index in [4.69, 9.17) is 5.11 Å². The summed E-state index contributed by atoms with van der Waals surface area (Å²) in [5.41, 5.74) is -2.02. The molecule has 1 fully saturated rings. The normalized spacial score (nSPS) is 26.4. The molecule has 1 aromatic heterocycles. The zero-order chi connectivity index (χ0) is 19.8. The van der Waals surface area contributed by atoms with Crippen LogP contribution < -0.4 is 0 Å². The van der Waals surface area contributed by atoms with Gasteiger partial charge in [-0.25, -0.2) is 4.79 Å². The molecule has 2 atom stereocenters. The van der Waals surface area contributed by atoms with Crippen molar-refractivity contribution < 1.29 is 33.4 Å². The van der Waals surface area contributed by atoms with Gasteiger partial charge in [-0.15, -0.1) is 11.3 Å². The quantitative estimate of drug-likeness (QED) is 0.808. The molecule has 1 saturated heterocycles. The van der Waals surface area contributed by atoms with Crippen LogP contribution >= 0.6 is 11.3 Å². The number of carboxylic acids is 1. The van der Waals surface area contributed by atoms with Crippen LogP contribution in [-0.4, -0.2) is 57.4 Å². The number of rotatable bonds is 4. The van der Waals surface area contributed by atoms with Gasteiger partial charge in [-0.3, -0.25) is 9.59 Å². The van der Waals surface area contributed by atoms with E-state index >= 15 is 0 Å². The van der Waals surface area contributed by atoms with Crippen LogP contribution in [0, 0.1) is 5.92 Å². The maximum absolute atomic E-state index is 13.9. The highest BCUT2D eigenvalue weighted by molar-refractivity contribution is 7.10. The third-order valence-corrected chi connectivity index (χ3v) is 6.52. The molecule has 0 saturated carbocycles. The van der Waals surface area contributed by atoms with Crippen molar-refractivity contribution in [3.05, 3.63) is 21.9 Å². The fourth-order valence-electron chi connectivity index (χ4n) is 3.83. The number of amides is 1. The SMILES string of the molecule is O=C1c2ccsc2CCC1CC(=O)N1CCCC(O)(C(F)(F)C(=O)O)CC1. The van der Waals surface area contributed by atoms with Crippen molar-refractivity contribution in [3.63, 3.8) is 0 Å². The summed E-state index contributed by atoms with van der Waals surface area (Å²) in [4.78, 5) is 38.3. The number of aliphatic hydroxyl groups is 1. The second-order valence-electron chi connectivity index (χ2n) is 7.21. The minimum atomic E-state index is -4.28. The van der Waals surface area contributed by atoms with Gasteiger partial charge >= 0.3 is 11.9 Å². The van der Waals surface area contributed by atoms with E-state index in [1.165, 1.54) is 16.2 Å². The molecule has 1 aliphatic carbocycles. The van der Waals surface area contributed by atoms with Gasteiger partial charge < -0.3 is 15.1 Å². The maximum Gasteiger partial charge on any atom is 0.377 e. The molecule has 0 bridgehead atoms. The molecule has 3 rings (SSSR count). The van der Waals surface area contributed by atoms with Crippen molar-refractivity contribution in [1.82, 2.24) is 4.90 Å². The number of alkyl halides is 2. The number of halogens is 2. The molecule has 0 spiro atoms. The second kappa shape index (κ2) is 7.27. The molecule has 0 radical (unpaired) electrons. The van der Waals surface area contributed by atoms with Crippen molar-refractivity contribution in [3.8, 4) is 0 Å². The average molecular weight is 401 g/mol. The topological polar surface area (TPSA) is 94.9 Å². The van der Waals surface area contributed by atoms with Crippen LogP contribution in [0.25, 0.3) is 0 Å². The Morgan fingerprint density at radius 2 is 2.07 bits per heavy atom. The minimum Gasteiger partial charge on any atom is -0.477 e. The number of thiophene rings is 1. The first-order valence-corrected chi connectivity index (χ1v) is 9.75. The van der Waals surface area contributed by atoms with Crippen LogP contribution in [0.3, 0.4) is 0 Å². The van der Waals surface area contributed by atoms with Gasteiger partial charge in [0.2, 0.25) is 5.91 Å². The first-order chi connectivity index (χ1) is 12.7. The zero-order valence-corrected chi connectivity index (χ0v) is 15.4. The van der Waals surface area contributed by atoms with E-state index in [9.17, 15) is 28.3 Å². The van der Waals surface area contributed by atoms with Crippen LogP contribution in [0.1, 0.15) is 47.3 Å². The highest BCUT2D eigenvalue weighted by Gasteiger charge is 2.58. The van der Waals surface area contributed by atoms with E-state index < -0.39 is 36.3 Å². The Labute approximate surface area is 158 Å². The summed E-state index contributed by atoms with van der Waals surface area (Å²) in [6.45, 7) is -0.00965. The Morgan fingerprint density at radius 1 is 1.33 bits per heavy atom. The number of carbonyl (C=O) groups excluding carboxylic acids is 2. The third-order valence-electron chi connectivity index (χ3n) is 5.54. The Kier molecular flexibility index (Phi) is 5.36. The molecule has 1 amide bonds. The van der Waals surface area contributed by atoms with Gasteiger partial charge in [0.25, 0.3) is 0 Å². The first-order valence-electron chi connectivity index (χ1n) is 8.87. The summed E-state index contributed by atoms with van der Waals surface area (Å²) in [6, 6.07) is 1.76. The molecule has 0 aromatic carbocycles. The molecule has 2 heterocycles. The maximum atomic E-state index is 13.9. The highest BCUT2D eigenvalue weighted by Crippen LogP contribution is 2.38. The molecular weight excluding hydrogens is 380 g/mol. The Hall–Kier alpha value is -1.87. The monoisotopic (exact) mass is 401 g/mol. The summed E-state index contributed by atoms with van der Waals surface area (Å²) < 4.78 is 27.7. The molecule has 2 unspecified atom stereocenters. The van der Waals surface area contributed by atoms with E-state index in [-0.39, 0.29) is 37.6 Å². The number of aliphatic carboxylic acids is 1. The van der Waals surface area contributed by atoms with Gasteiger partial charge in [0, 0.05) is 42.3 Å². The zero-order valence-electron chi connectivity index (χ0n) is 14.6. The summed E-state index contributed by atoms with van der Waals surface area (Å²) in [5, 5.41) is 20.7. The number of ketones is 1. The Morgan fingerprint density at radius 3 is 2.78 bits per heavy atom. The van der Waals surface area contributed by atoms with E-state index in [1.807, 2.05) is 5.38 Å². The molecule has 1 aliphatic heterocycles. The predicted octanol–water partition coefficient (Wildman–Crippen LogP) is 2.35. The number of carboxylic acid groups (broad SMARTS) is 1. The summed E-state index contributed by atoms with van der Waals surface area (Å²) in [5.74, 6) is -7.46. The van der Waals surface area contributed by atoms with Crippen molar-refractivity contribution in [2.45, 2.75) is 50.0 Å². The lowest BCUT2D eigenvalue weighted by Crippen LogP contribution is -2.53. The van der Waals surface area contributed by atoms with Gasteiger partial charge in [0.15, 0.2) is 5.78 Å². The van der Waals surface area contributed by atoms with Crippen LogP contribution in [0.4, 0.5) is 8.78 Å². The molecular formula is C18H21F2NO5S. The van der Waals surface area contributed by atoms with Gasteiger partial charge in [-0.2, -0.15) is 8.78 Å². The van der Waals surface area contributed by atoms with Gasteiger partial charge in [-0.1, -0.05) is 0 Å². The van der Waals surface area contributed by atoms with Gasteiger partial charge in [-0.05, 0) is 37.1 Å². The molecule has 1 aromatic rings. The smallest absolute Gasteiger partial charge is 0.377 e. The van der Waals surface area contributed by atoms with Gasteiger partial charge in [0.1, 0.15) is 5.60 Å². The Bertz CT molecular complexity index is 765. The molecule has 2 N–H and O–H groups in total. The minimum absolute atomic E-state index is 0.00186. The van der Waals surface area contributed by atoms with Crippen LogP contribution in [0.15, 0.2) is 11.4 Å². The number of likely N-dealkylation sites (tertiary alicyclic amines) is 1. The average Bonchev–Trinajstić information content (AvgIpc) is 3.00. The third kappa shape index (κ3) is 3.62. The van der Waals surface area contributed by atoms with Crippen LogP contribution in [0.2, 0.25) is 0 Å². The highest BCUT2D eigenvalue weighted by atomic mass is 32.1. The molecule has 2 aliphatic rings. The molecule has 148 valence electrons. The number of aryl methyl sites for hydroxylation is 1. The van der Waals surface area contributed by atoms with Crippen molar-refractivity contribution >= 4 is 29.0 Å². The number of carbonyl (C=O) groups is 3. The van der Waals surface area contributed by atoms with Crippen molar-refractivity contribution in [1.29, 1.82) is 0 Å². The van der Waals surface area contributed by atoms with E-state index in [0.717, 1.165) is 11.3 Å². The van der Waals surface area contributed by atoms with Crippen molar-refractivity contribution in [2.75, 3.05) is 13.1 Å². The van der Waals surface area contributed by atoms with E-state index in [1.54, 1.807) is 6.07 Å². The van der Waals surface area contributed by atoms with Crippen LogP contribution in [0.5, 0.6) is 0 Å². The molecule has 9 heteroatoms. The molecule has 27 heavy (non-hydrogen) atoms. The van der Waals surface area contributed by atoms with E-state index in [2.05, 4.69) is 0 Å². The number of nitrogens with zero attached hydrogens (tertiary/aromatic N) is 1. The van der Waals surface area contributed by atoms with Gasteiger partial charge in [0.05, 0.1) is 0 Å². The molecule has 6 nitrogen and oxygen atoms in total.